The molecule has 1 atom stereocenters. The number of carboxylic acid groups (broad SMARTS) is 1. The van der Waals surface area contributed by atoms with E-state index >= 15 is 0 Å². The second kappa shape index (κ2) is 10.8. The van der Waals surface area contributed by atoms with Crippen LogP contribution in [0.4, 0.5) is 10.6 Å². The maximum Gasteiger partial charge on any atom is 0.407 e. The number of amides is 2. The van der Waals surface area contributed by atoms with Gasteiger partial charge in [0.25, 0.3) is 5.91 Å². The lowest BCUT2D eigenvalue weighted by Gasteiger charge is -2.32. The van der Waals surface area contributed by atoms with Gasteiger partial charge in [0, 0.05) is 28.3 Å². The third-order valence-electron chi connectivity index (χ3n) is 5.84. The van der Waals surface area contributed by atoms with Crippen molar-refractivity contribution in [2.75, 3.05) is 24.3 Å². The number of rotatable bonds is 6. The van der Waals surface area contributed by atoms with Gasteiger partial charge in [0.2, 0.25) is 0 Å². The van der Waals surface area contributed by atoms with Gasteiger partial charge < -0.3 is 21.0 Å². The maximum atomic E-state index is 12.8. The van der Waals surface area contributed by atoms with E-state index in [0.717, 1.165) is 22.0 Å². The molecule has 4 rings (SSSR count). The highest BCUT2D eigenvalue weighted by Crippen LogP contribution is 2.34. The van der Waals surface area contributed by atoms with E-state index in [1.807, 2.05) is 0 Å². The highest BCUT2D eigenvalue weighted by atomic mass is 79.9. The van der Waals surface area contributed by atoms with Crippen molar-refractivity contribution in [1.29, 1.82) is 0 Å². The van der Waals surface area contributed by atoms with Crippen molar-refractivity contribution in [3.8, 4) is 11.3 Å². The second-order valence-electron chi connectivity index (χ2n) is 8.14. The van der Waals surface area contributed by atoms with Crippen LogP contribution in [0.15, 0.2) is 47.1 Å². The Bertz CT molecular complexity index is 1290. The predicted molar refractivity (Wildman–Crippen MR) is 135 cm³/mol. The van der Waals surface area contributed by atoms with Gasteiger partial charge in [0.1, 0.15) is 11.5 Å². The van der Waals surface area contributed by atoms with Crippen LogP contribution in [0.5, 0.6) is 0 Å². The van der Waals surface area contributed by atoms with Gasteiger partial charge >= 0.3 is 12.1 Å². The molecule has 2 amide bonds. The van der Waals surface area contributed by atoms with Crippen LogP contribution in [0.25, 0.3) is 11.3 Å². The minimum absolute atomic E-state index is 0.0123. The fraction of sp³-hybridized carbons (Fsp3) is 0.292. The predicted octanol–water partition coefficient (Wildman–Crippen LogP) is 4.06. The summed E-state index contributed by atoms with van der Waals surface area (Å²) in [7, 11) is 0. The van der Waals surface area contributed by atoms with Crippen LogP contribution in [0, 0.1) is 0 Å². The molecule has 0 aliphatic carbocycles. The van der Waals surface area contributed by atoms with E-state index in [1.54, 1.807) is 49.5 Å². The molecule has 0 unspecified atom stereocenters. The highest BCUT2D eigenvalue weighted by molar-refractivity contribution is 9.10. The fourth-order valence-corrected chi connectivity index (χ4v) is 4.49. The average molecular weight is 557 g/mol. The van der Waals surface area contributed by atoms with Crippen LogP contribution in [0.1, 0.15) is 58.9 Å². The third-order valence-corrected chi connectivity index (χ3v) is 6.33. The molecule has 11 nitrogen and oxygen atoms in total. The Morgan fingerprint density at radius 3 is 2.64 bits per heavy atom. The Hall–Kier alpha value is -3.93. The molecule has 0 saturated carbocycles. The van der Waals surface area contributed by atoms with Crippen molar-refractivity contribution < 1.29 is 24.2 Å². The Kier molecular flexibility index (Phi) is 7.53. The molecule has 1 aromatic carbocycles. The van der Waals surface area contributed by atoms with E-state index < -0.39 is 18.1 Å². The summed E-state index contributed by atoms with van der Waals surface area (Å²) in [5, 5.41) is 12.4. The van der Waals surface area contributed by atoms with E-state index in [-0.39, 0.29) is 29.7 Å². The van der Waals surface area contributed by atoms with Crippen molar-refractivity contribution in [2.45, 2.75) is 32.2 Å². The lowest BCUT2D eigenvalue weighted by atomic mass is 10.0. The van der Waals surface area contributed by atoms with Crippen LogP contribution < -0.4 is 11.2 Å². The molecule has 1 aliphatic heterocycles. The number of nitrogens with zero attached hydrogens (tertiary/aromatic N) is 4. The number of halogens is 1. The van der Waals surface area contributed by atoms with Gasteiger partial charge in [-0.15, -0.1) is 0 Å². The first kappa shape index (κ1) is 25.2. The number of hydrogen-bond acceptors (Lipinski definition) is 7. The molecule has 2 aromatic heterocycles. The number of likely N-dealkylation sites (tertiary alicyclic amines) is 1. The summed E-state index contributed by atoms with van der Waals surface area (Å²) in [5.74, 6) is 5.92. The molecule has 0 spiro atoms. The van der Waals surface area contributed by atoms with Crippen LogP contribution in [0.3, 0.4) is 0 Å². The SMILES string of the molecule is CCOC(=O)c1c(-c2ccc(C(=O)Nc3cc(Br)ccn3)cc2)nc([C@@H]2CCCCN2C(=O)O)n1N. The van der Waals surface area contributed by atoms with Gasteiger partial charge in [-0.1, -0.05) is 28.1 Å². The third kappa shape index (κ3) is 5.18. The zero-order chi connectivity index (χ0) is 25.8. The van der Waals surface area contributed by atoms with E-state index in [0.29, 0.717) is 29.9 Å². The first-order valence-corrected chi connectivity index (χ1v) is 12.2. The first-order valence-electron chi connectivity index (χ1n) is 11.4. The van der Waals surface area contributed by atoms with Crippen LogP contribution in [-0.2, 0) is 4.74 Å². The number of piperidine rings is 1. The number of nitrogens with two attached hydrogens (primary N) is 1. The Balaban J connectivity index is 1.68. The number of nitrogens with one attached hydrogen (secondary N) is 1. The fourth-order valence-electron chi connectivity index (χ4n) is 4.15. The topological polar surface area (TPSA) is 153 Å². The summed E-state index contributed by atoms with van der Waals surface area (Å²) >= 11 is 3.34. The van der Waals surface area contributed by atoms with Gasteiger partial charge in [-0.3, -0.25) is 9.69 Å². The van der Waals surface area contributed by atoms with Crippen LogP contribution >= 0.6 is 15.9 Å². The second-order valence-corrected chi connectivity index (χ2v) is 9.05. The van der Waals surface area contributed by atoms with Gasteiger partial charge in [0.05, 0.1) is 12.6 Å². The van der Waals surface area contributed by atoms with Crippen molar-refractivity contribution in [3.05, 3.63) is 64.1 Å². The first-order chi connectivity index (χ1) is 17.3. The number of carbonyl (C=O) groups excluding carboxylic acids is 2. The molecular weight excluding hydrogens is 532 g/mol. The molecule has 0 bridgehead atoms. The summed E-state index contributed by atoms with van der Waals surface area (Å²) < 4.78 is 7.10. The summed E-state index contributed by atoms with van der Waals surface area (Å²) in [6, 6.07) is 9.32. The number of aromatic nitrogens is 3. The molecule has 0 radical (unpaired) electrons. The summed E-state index contributed by atoms with van der Waals surface area (Å²) in [6.45, 7) is 2.16. The quantitative estimate of drug-likeness (QED) is 0.303. The number of esters is 1. The number of anilines is 1. The summed E-state index contributed by atoms with van der Waals surface area (Å²) in [6.07, 6.45) is 2.58. The maximum absolute atomic E-state index is 12.8. The van der Waals surface area contributed by atoms with Crippen molar-refractivity contribution in [2.24, 2.45) is 0 Å². The van der Waals surface area contributed by atoms with Crippen molar-refractivity contribution in [3.63, 3.8) is 0 Å². The minimum atomic E-state index is -1.07. The van der Waals surface area contributed by atoms with E-state index in [1.165, 1.54) is 4.90 Å². The molecule has 12 heteroatoms. The van der Waals surface area contributed by atoms with Gasteiger partial charge in [-0.05, 0) is 50.5 Å². The van der Waals surface area contributed by atoms with Gasteiger partial charge in [0.15, 0.2) is 11.5 Å². The molecule has 1 fully saturated rings. The Labute approximate surface area is 215 Å². The largest absolute Gasteiger partial charge is 0.465 e. The van der Waals surface area contributed by atoms with Gasteiger partial charge in [-0.2, -0.15) is 0 Å². The monoisotopic (exact) mass is 556 g/mol. The normalized spacial score (nSPS) is 15.4. The Morgan fingerprint density at radius 1 is 1.22 bits per heavy atom. The number of pyridine rings is 1. The van der Waals surface area contributed by atoms with Crippen molar-refractivity contribution in [1.82, 2.24) is 19.5 Å². The number of benzene rings is 1. The van der Waals surface area contributed by atoms with Crippen molar-refractivity contribution >= 4 is 39.7 Å². The lowest BCUT2D eigenvalue weighted by Crippen LogP contribution is -2.39. The van der Waals surface area contributed by atoms with E-state index in [2.05, 4.69) is 31.2 Å². The molecule has 4 N–H and O–H groups in total. The smallest absolute Gasteiger partial charge is 0.407 e. The number of imidazole rings is 1. The number of nitrogen functional groups attached to an aromatic ring is 1. The molecule has 1 aliphatic rings. The number of ether oxygens (including phenoxy) is 1. The highest BCUT2D eigenvalue weighted by Gasteiger charge is 2.34. The molecule has 1 saturated heterocycles. The molecular formula is C24H25BrN6O5. The van der Waals surface area contributed by atoms with Crippen LogP contribution in [-0.4, -0.2) is 55.8 Å². The molecule has 3 heterocycles. The van der Waals surface area contributed by atoms with Gasteiger partial charge in [-0.25, -0.2) is 24.2 Å². The minimum Gasteiger partial charge on any atom is -0.465 e. The molecule has 188 valence electrons. The number of carbonyl (C=O) groups is 3. The lowest BCUT2D eigenvalue weighted by molar-refractivity contribution is 0.0516. The molecule has 36 heavy (non-hydrogen) atoms. The standard InChI is InChI=1S/C24H25BrN6O5/c1-2-36-23(33)20-19(29-21(31(20)26)17-5-3-4-12-30(17)24(34)35)14-6-8-15(9-7-14)22(32)28-18-13-16(25)10-11-27-18/h6-11,13,17H,2-5,12,26H2,1H3,(H,34,35)(H,27,28,32)/t17-/m0/s1. The average Bonchev–Trinajstić information content (AvgIpc) is 3.21. The summed E-state index contributed by atoms with van der Waals surface area (Å²) in [4.78, 5) is 47.3. The number of hydrogen-bond donors (Lipinski definition) is 3. The Morgan fingerprint density at radius 2 is 1.97 bits per heavy atom. The van der Waals surface area contributed by atoms with E-state index in [9.17, 15) is 19.5 Å². The zero-order valence-corrected chi connectivity index (χ0v) is 21.1. The van der Waals surface area contributed by atoms with E-state index in [4.69, 9.17) is 10.6 Å². The van der Waals surface area contributed by atoms with Crippen LogP contribution in [0.2, 0.25) is 0 Å². The zero-order valence-electron chi connectivity index (χ0n) is 19.5. The molecule has 3 aromatic rings. The summed E-state index contributed by atoms with van der Waals surface area (Å²) in [5.41, 5.74) is 1.16.